The molecule has 27 heavy (non-hydrogen) atoms. The van der Waals surface area contributed by atoms with Gasteiger partial charge in [0.1, 0.15) is 5.82 Å². The molecule has 0 saturated heterocycles. The van der Waals surface area contributed by atoms with Gasteiger partial charge in [-0.3, -0.25) is 10.0 Å². The Bertz CT molecular complexity index is 949. The van der Waals surface area contributed by atoms with E-state index in [0.717, 1.165) is 28.1 Å². The van der Waals surface area contributed by atoms with E-state index in [1.165, 1.54) is 6.08 Å². The van der Waals surface area contributed by atoms with E-state index in [9.17, 15) is 4.79 Å². The van der Waals surface area contributed by atoms with Crippen molar-refractivity contribution in [2.75, 3.05) is 19.0 Å². The Kier molecular flexibility index (Phi) is 6.19. The normalized spacial score (nSPS) is 11.2. The SMILES string of the molecule is COCCn1c(CNc2ccccc2C=CC(=O)NO)nc2ccccc21. The molecule has 0 atom stereocenters. The van der Waals surface area contributed by atoms with Crippen molar-refractivity contribution < 1.29 is 14.7 Å². The van der Waals surface area contributed by atoms with Crippen LogP contribution in [0.25, 0.3) is 17.1 Å². The van der Waals surface area contributed by atoms with E-state index in [0.29, 0.717) is 19.7 Å². The number of imidazole rings is 1. The summed E-state index contributed by atoms with van der Waals surface area (Å²) in [5.74, 6) is 0.325. The molecule has 0 radical (unpaired) electrons. The fraction of sp³-hybridized carbons (Fsp3) is 0.200. The largest absolute Gasteiger partial charge is 0.383 e. The van der Waals surface area contributed by atoms with E-state index in [1.54, 1.807) is 18.7 Å². The first-order valence-corrected chi connectivity index (χ1v) is 8.61. The molecule has 3 N–H and O–H groups in total. The number of amides is 1. The summed E-state index contributed by atoms with van der Waals surface area (Å²) in [5, 5.41) is 12.0. The van der Waals surface area contributed by atoms with Gasteiger partial charge >= 0.3 is 0 Å². The smallest absolute Gasteiger partial charge is 0.267 e. The molecule has 2 aromatic carbocycles. The monoisotopic (exact) mass is 366 g/mol. The highest BCUT2D eigenvalue weighted by Gasteiger charge is 2.10. The summed E-state index contributed by atoms with van der Waals surface area (Å²) in [6, 6.07) is 15.6. The van der Waals surface area contributed by atoms with Crippen molar-refractivity contribution in [2.24, 2.45) is 0 Å². The van der Waals surface area contributed by atoms with E-state index in [4.69, 9.17) is 14.9 Å². The van der Waals surface area contributed by atoms with Gasteiger partial charge in [0.05, 0.1) is 24.2 Å². The second-order valence-corrected chi connectivity index (χ2v) is 5.91. The van der Waals surface area contributed by atoms with Crippen molar-refractivity contribution >= 4 is 28.7 Å². The summed E-state index contributed by atoms with van der Waals surface area (Å²) in [6.07, 6.45) is 2.91. The Morgan fingerprint density at radius 2 is 2.00 bits per heavy atom. The molecule has 7 heteroatoms. The minimum atomic E-state index is -0.578. The van der Waals surface area contributed by atoms with Crippen LogP contribution in [0.1, 0.15) is 11.4 Å². The molecule has 0 spiro atoms. The number of nitrogens with one attached hydrogen (secondary N) is 2. The van der Waals surface area contributed by atoms with E-state index in [1.807, 2.05) is 48.5 Å². The first-order valence-electron chi connectivity index (χ1n) is 8.61. The first kappa shape index (κ1) is 18.6. The Balaban J connectivity index is 1.83. The van der Waals surface area contributed by atoms with Crippen LogP contribution in [0.3, 0.4) is 0 Å². The second-order valence-electron chi connectivity index (χ2n) is 5.91. The second kappa shape index (κ2) is 8.98. The average molecular weight is 366 g/mol. The van der Waals surface area contributed by atoms with E-state index in [-0.39, 0.29) is 0 Å². The number of ether oxygens (including phenoxy) is 1. The zero-order valence-electron chi connectivity index (χ0n) is 15.1. The van der Waals surface area contributed by atoms with Crippen LogP contribution >= 0.6 is 0 Å². The van der Waals surface area contributed by atoms with Gasteiger partial charge in [-0.1, -0.05) is 30.3 Å². The standard InChI is InChI=1S/C20H22N4O3/c1-27-13-12-24-18-9-5-4-8-17(18)22-19(24)14-21-16-7-3-2-6-15(16)10-11-20(25)23-26/h2-11,21,26H,12-14H2,1H3,(H,23,25). The number of carbonyl (C=O) groups is 1. The molecule has 140 valence electrons. The molecule has 0 bridgehead atoms. The van der Waals surface area contributed by atoms with E-state index >= 15 is 0 Å². The number of nitrogens with zero attached hydrogens (tertiary/aromatic N) is 2. The van der Waals surface area contributed by atoms with E-state index < -0.39 is 5.91 Å². The van der Waals surface area contributed by atoms with Crippen LogP contribution in [0.2, 0.25) is 0 Å². The highest BCUT2D eigenvalue weighted by molar-refractivity contribution is 5.91. The summed E-state index contributed by atoms with van der Waals surface area (Å²) in [6.45, 7) is 1.84. The van der Waals surface area contributed by atoms with Gasteiger partial charge in [0.15, 0.2) is 0 Å². The van der Waals surface area contributed by atoms with Crippen molar-refractivity contribution in [1.82, 2.24) is 15.0 Å². The van der Waals surface area contributed by atoms with E-state index in [2.05, 4.69) is 9.88 Å². The van der Waals surface area contributed by atoms with Gasteiger partial charge in [-0.25, -0.2) is 10.5 Å². The Hall–Kier alpha value is -3.16. The molecule has 0 aliphatic heterocycles. The number of para-hydroxylation sites is 3. The average Bonchev–Trinajstić information content (AvgIpc) is 3.06. The number of fused-ring (bicyclic) bond motifs is 1. The van der Waals surface area contributed by atoms with Crippen LogP contribution < -0.4 is 10.8 Å². The summed E-state index contributed by atoms with van der Waals surface area (Å²) in [5.41, 5.74) is 5.29. The lowest BCUT2D eigenvalue weighted by molar-refractivity contribution is -0.124. The minimum Gasteiger partial charge on any atom is -0.383 e. The molecule has 1 aromatic heterocycles. The highest BCUT2D eigenvalue weighted by atomic mass is 16.5. The third-order valence-corrected chi connectivity index (χ3v) is 4.17. The van der Waals surface area contributed by atoms with Crippen molar-refractivity contribution in [3.8, 4) is 0 Å². The number of anilines is 1. The lowest BCUT2D eigenvalue weighted by atomic mass is 10.1. The molecule has 1 amide bonds. The number of benzene rings is 2. The molecule has 7 nitrogen and oxygen atoms in total. The highest BCUT2D eigenvalue weighted by Crippen LogP contribution is 2.20. The lowest BCUT2D eigenvalue weighted by Crippen LogP contribution is -2.15. The summed E-state index contributed by atoms with van der Waals surface area (Å²) < 4.78 is 7.37. The zero-order valence-corrected chi connectivity index (χ0v) is 15.1. The summed E-state index contributed by atoms with van der Waals surface area (Å²) >= 11 is 0. The third kappa shape index (κ3) is 4.52. The van der Waals surface area contributed by atoms with Crippen LogP contribution in [0.15, 0.2) is 54.6 Å². The van der Waals surface area contributed by atoms with Gasteiger partial charge < -0.3 is 14.6 Å². The zero-order chi connectivity index (χ0) is 19.1. The third-order valence-electron chi connectivity index (χ3n) is 4.17. The number of hydrogen-bond acceptors (Lipinski definition) is 5. The van der Waals surface area contributed by atoms with Gasteiger partial charge in [-0.15, -0.1) is 0 Å². The number of rotatable bonds is 8. The molecule has 0 fully saturated rings. The van der Waals surface area contributed by atoms with Crippen LogP contribution in [0, 0.1) is 0 Å². The lowest BCUT2D eigenvalue weighted by Gasteiger charge is -2.12. The van der Waals surface area contributed by atoms with Crippen molar-refractivity contribution in [3.63, 3.8) is 0 Å². The molecule has 0 unspecified atom stereocenters. The predicted molar refractivity (Wildman–Crippen MR) is 104 cm³/mol. The Morgan fingerprint density at radius 1 is 1.22 bits per heavy atom. The minimum absolute atomic E-state index is 0.523. The number of methoxy groups -OCH3 is 1. The molecule has 1 heterocycles. The topological polar surface area (TPSA) is 88.4 Å². The quantitative estimate of drug-likeness (QED) is 0.324. The summed E-state index contributed by atoms with van der Waals surface area (Å²) in [7, 11) is 1.68. The number of carbonyl (C=O) groups excluding carboxylic acids is 1. The molecule has 0 saturated carbocycles. The van der Waals surface area contributed by atoms with Crippen molar-refractivity contribution in [3.05, 3.63) is 66.0 Å². The maximum Gasteiger partial charge on any atom is 0.267 e. The molecule has 3 rings (SSSR count). The van der Waals surface area contributed by atoms with Crippen molar-refractivity contribution in [1.29, 1.82) is 0 Å². The molecule has 0 aliphatic carbocycles. The molecular weight excluding hydrogens is 344 g/mol. The van der Waals surface area contributed by atoms with Gasteiger partial charge in [-0.05, 0) is 29.8 Å². The van der Waals surface area contributed by atoms with Gasteiger partial charge in [-0.2, -0.15) is 0 Å². The molecule has 3 aromatic rings. The first-order chi connectivity index (χ1) is 13.2. The van der Waals surface area contributed by atoms with Crippen LogP contribution in [-0.4, -0.2) is 34.4 Å². The maximum atomic E-state index is 11.2. The van der Waals surface area contributed by atoms with Gasteiger partial charge in [0.25, 0.3) is 5.91 Å². The predicted octanol–water partition coefficient (Wildman–Crippen LogP) is 2.81. The fourth-order valence-corrected chi connectivity index (χ4v) is 2.87. The van der Waals surface area contributed by atoms with Gasteiger partial charge in [0.2, 0.25) is 0 Å². The summed E-state index contributed by atoms with van der Waals surface area (Å²) in [4.78, 5) is 16.0. The van der Waals surface area contributed by atoms with Crippen molar-refractivity contribution in [2.45, 2.75) is 13.1 Å². The maximum absolute atomic E-state index is 11.2. The number of hydroxylamine groups is 1. The van der Waals surface area contributed by atoms with Crippen LogP contribution in [0.5, 0.6) is 0 Å². The Labute approximate surface area is 157 Å². The molecular formula is C20H22N4O3. The van der Waals surface area contributed by atoms with Crippen LogP contribution in [-0.2, 0) is 22.6 Å². The number of aromatic nitrogens is 2. The number of hydrogen-bond donors (Lipinski definition) is 3. The fourth-order valence-electron chi connectivity index (χ4n) is 2.87. The molecule has 0 aliphatic rings. The van der Waals surface area contributed by atoms with Crippen LogP contribution in [0.4, 0.5) is 5.69 Å². The van der Waals surface area contributed by atoms with Gasteiger partial charge in [0, 0.05) is 25.4 Å². The Morgan fingerprint density at radius 3 is 2.81 bits per heavy atom.